The monoisotopic (exact) mass is 381 g/mol. The predicted molar refractivity (Wildman–Crippen MR) is 119 cm³/mol. The minimum Gasteiger partial charge on any atom is -0.372 e. The maximum absolute atomic E-state index is 4.70. The lowest BCUT2D eigenvalue weighted by atomic mass is 10.1. The smallest absolute Gasteiger partial charge is 0.147 e. The van der Waals surface area contributed by atoms with E-state index < -0.39 is 0 Å². The third-order valence-electron chi connectivity index (χ3n) is 5.89. The van der Waals surface area contributed by atoms with E-state index in [4.69, 9.17) is 4.98 Å². The number of benzene rings is 1. The highest BCUT2D eigenvalue weighted by Crippen LogP contribution is 2.24. The summed E-state index contributed by atoms with van der Waals surface area (Å²) in [4.78, 5) is 16.7. The number of anilines is 2. The molecule has 0 saturated carbocycles. The zero-order chi connectivity index (χ0) is 18.6. The molecule has 2 saturated heterocycles. The highest BCUT2D eigenvalue weighted by molar-refractivity contribution is 5.63. The van der Waals surface area contributed by atoms with Gasteiger partial charge in [0.05, 0.1) is 18.1 Å². The van der Waals surface area contributed by atoms with Gasteiger partial charge in [-0.3, -0.25) is 9.88 Å². The van der Waals surface area contributed by atoms with Gasteiger partial charge in [0.2, 0.25) is 0 Å². The van der Waals surface area contributed by atoms with Crippen molar-refractivity contribution in [3.8, 4) is 11.3 Å². The van der Waals surface area contributed by atoms with Gasteiger partial charge >= 0.3 is 0 Å². The van der Waals surface area contributed by atoms with E-state index in [9.17, 15) is 0 Å². The minimum atomic E-state index is 0. The fourth-order valence-corrected chi connectivity index (χ4v) is 4.10. The zero-order valence-electron chi connectivity index (χ0n) is 16.6. The molecule has 0 aliphatic carbocycles. The highest BCUT2D eigenvalue weighted by Gasteiger charge is 2.20. The Morgan fingerprint density at radius 3 is 2.00 bits per heavy atom. The van der Waals surface area contributed by atoms with E-state index in [0.717, 1.165) is 43.3 Å². The maximum Gasteiger partial charge on any atom is 0.147 e. The Labute approximate surface area is 170 Å². The molecular weight excluding hydrogens is 346 g/mol. The van der Waals surface area contributed by atoms with Gasteiger partial charge in [0.1, 0.15) is 5.82 Å². The van der Waals surface area contributed by atoms with Gasteiger partial charge in [0.15, 0.2) is 0 Å². The Kier molecular flexibility index (Phi) is 6.89. The molecule has 0 atom stereocenters. The van der Waals surface area contributed by atoms with Gasteiger partial charge in [-0.2, -0.15) is 0 Å². The van der Waals surface area contributed by atoms with E-state index in [2.05, 4.69) is 57.8 Å². The molecule has 4 rings (SSSR count). The summed E-state index contributed by atoms with van der Waals surface area (Å²) in [6.45, 7) is 11.1. The average Bonchev–Trinajstić information content (AvgIpc) is 2.75. The zero-order valence-corrected chi connectivity index (χ0v) is 16.6. The Bertz CT molecular complexity index is 712. The summed E-state index contributed by atoms with van der Waals surface area (Å²) in [7, 11) is 0. The third-order valence-corrected chi connectivity index (χ3v) is 5.89. The minimum absolute atomic E-state index is 0. The van der Waals surface area contributed by atoms with E-state index in [0.29, 0.717) is 6.04 Å². The molecule has 152 valence electrons. The van der Waals surface area contributed by atoms with E-state index in [1.165, 1.54) is 38.0 Å². The van der Waals surface area contributed by atoms with Crippen molar-refractivity contribution >= 4 is 11.5 Å². The van der Waals surface area contributed by atoms with Crippen molar-refractivity contribution in [1.29, 1.82) is 0 Å². The first-order valence-electron chi connectivity index (χ1n) is 10.4. The van der Waals surface area contributed by atoms with Crippen molar-refractivity contribution in [1.82, 2.24) is 14.9 Å². The lowest BCUT2D eigenvalue weighted by molar-refractivity contribution is 0.209. The summed E-state index contributed by atoms with van der Waals surface area (Å²) < 4.78 is 0. The molecule has 0 spiro atoms. The van der Waals surface area contributed by atoms with Gasteiger partial charge in [-0.15, -0.1) is 0 Å². The van der Waals surface area contributed by atoms with Gasteiger partial charge < -0.3 is 9.80 Å². The molecule has 0 N–H and O–H groups in total. The van der Waals surface area contributed by atoms with Gasteiger partial charge in [0, 0.05) is 56.6 Å². The summed E-state index contributed by atoms with van der Waals surface area (Å²) in [6, 6.07) is 9.42. The van der Waals surface area contributed by atoms with Gasteiger partial charge in [-0.25, -0.2) is 4.98 Å². The van der Waals surface area contributed by atoms with E-state index in [1.807, 2.05) is 12.4 Å². The Balaban J connectivity index is 0.00000225. The normalized spacial score (nSPS) is 18.2. The molecule has 0 bridgehead atoms. The van der Waals surface area contributed by atoms with Crippen LogP contribution in [0.5, 0.6) is 0 Å². The molecule has 0 radical (unpaired) electrons. The molecule has 0 amide bonds. The fraction of sp³-hybridized carbons (Fsp3) is 0.565. The molecule has 1 aromatic carbocycles. The third kappa shape index (κ3) is 4.64. The molecule has 5 heteroatoms. The van der Waals surface area contributed by atoms with Crippen LogP contribution >= 0.6 is 0 Å². The summed E-state index contributed by atoms with van der Waals surface area (Å²) in [5, 5.41) is 0. The van der Waals surface area contributed by atoms with Crippen molar-refractivity contribution in [2.24, 2.45) is 0 Å². The molecule has 2 aliphatic rings. The van der Waals surface area contributed by atoms with Crippen LogP contribution in [0.2, 0.25) is 0 Å². The molecule has 2 aliphatic heterocycles. The Hall–Kier alpha value is -2.14. The van der Waals surface area contributed by atoms with Crippen molar-refractivity contribution in [3.63, 3.8) is 0 Å². The van der Waals surface area contributed by atoms with Gasteiger partial charge in [-0.1, -0.05) is 19.6 Å². The second kappa shape index (κ2) is 9.37. The van der Waals surface area contributed by atoms with Crippen LogP contribution in [0.15, 0.2) is 36.7 Å². The number of hydrogen-bond acceptors (Lipinski definition) is 5. The Morgan fingerprint density at radius 2 is 1.43 bits per heavy atom. The fourth-order valence-electron chi connectivity index (χ4n) is 4.10. The number of rotatable bonds is 4. The SMILES string of the molecule is C.CC(C)N1CCN(c2cnc(-c3ccc(N4CCCCC4)cc3)cn2)CC1. The lowest BCUT2D eigenvalue weighted by Crippen LogP contribution is -2.49. The summed E-state index contributed by atoms with van der Waals surface area (Å²) in [5.74, 6) is 0.993. The molecular formula is C23H35N5. The number of piperazine rings is 1. The second-order valence-corrected chi connectivity index (χ2v) is 7.97. The summed E-state index contributed by atoms with van der Waals surface area (Å²) >= 11 is 0. The number of hydrogen-bond donors (Lipinski definition) is 0. The van der Waals surface area contributed by atoms with Gasteiger partial charge in [0.25, 0.3) is 0 Å². The number of nitrogens with zero attached hydrogens (tertiary/aromatic N) is 5. The molecule has 2 aromatic rings. The molecule has 28 heavy (non-hydrogen) atoms. The average molecular weight is 382 g/mol. The second-order valence-electron chi connectivity index (χ2n) is 7.97. The van der Waals surface area contributed by atoms with E-state index in [1.54, 1.807) is 0 Å². The molecule has 1 aromatic heterocycles. The van der Waals surface area contributed by atoms with E-state index >= 15 is 0 Å². The number of piperidine rings is 1. The van der Waals surface area contributed by atoms with E-state index in [-0.39, 0.29) is 7.43 Å². The van der Waals surface area contributed by atoms with Crippen LogP contribution < -0.4 is 9.80 Å². The molecule has 2 fully saturated rings. The standard InChI is InChI=1S/C22H31N5.CH4/c1-18(2)25-12-14-27(15-13-25)22-17-23-21(16-24-22)19-6-8-20(9-7-19)26-10-4-3-5-11-26;/h6-9,16-18H,3-5,10-15H2,1-2H3;1H4. The van der Waals surface area contributed by atoms with Crippen LogP contribution in [0, 0.1) is 0 Å². The topological polar surface area (TPSA) is 35.5 Å². The van der Waals surface area contributed by atoms with Crippen molar-refractivity contribution < 1.29 is 0 Å². The molecule has 3 heterocycles. The maximum atomic E-state index is 4.70. The van der Waals surface area contributed by atoms with Crippen LogP contribution in [-0.2, 0) is 0 Å². The van der Waals surface area contributed by atoms with Crippen LogP contribution in [-0.4, -0.2) is 60.2 Å². The number of aromatic nitrogens is 2. The van der Waals surface area contributed by atoms with Crippen molar-refractivity contribution in [2.75, 3.05) is 49.1 Å². The molecule has 5 nitrogen and oxygen atoms in total. The highest BCUT2D eigenvalue weighted by atomic mass is 15.3. The summed E-state index contributed by atoms with van der Waals surface area (Å²) in [6.07, 6.45) is 7.82. The Morgan fingerprint density at radius 1 is 0.750 bits per heavy atom. The van der Waals surface area contributed by atoms with Crippen molar-refractivity contribution in [2.45, 2.75) is 46.6 Å². The first kappa shape index (κ1) is 20.6. The van der Waals surface area contributed by atoms with Crippen LogP contribution in [0.4, 0.5) is 11.5 Å². The van der Waals surface area contributed by atoms with Crippen LogP contribution in [0.1, 0.15) is 40.5 Å². The van der Waals surface area contributed by atoms with Gasteiger partial charge in [-0.05, 0) is 45.2 Å². The quantitative estimate of drug-likeness (QED) is 0.789. The predicted octanol–water partition coefficient (Wildman–Crippen LogP) is 4.30. The van der Waals surface area contributed by atoms with Crippen LogP contribution in [0.25, 0.3) is 11.3 Å². The van der Waals surface area contributed by atoms with Crippen LogP contribution in [0.3, 0.4) is 0 Å². The largest absolute Gasteiger partial charge is 0.372 e. The lowest BCUT2D eigenvalue weighted by Gasteiger charge is -2.37. The molecule has 0 unspecified atom stereocenters. The first-order valence-corrected chi connectivity index (χ1v) is 10.4. The summed E-state index contributed by atoms with van der Waals surface area (Å²) in [5.41, 5.74) is 3.41. The van der Waals surface area contributed by atoms with Crippen molar-refractivity contribution in [3.05, 3.63) is 36.7 Å². The first-order chi connectivity index (χ1) is 13.2.